The number of amides is 2. The Labute approximate surface area is 259 Å². The number of nitrogens with two attached hydrogens (primary N) is 1. The summed E-state index contributed by atoms with van der Waals surface area (Å²) in [7, 11) is 0. The first-order valence-electron chi connectivity index (χ1n) is 13.9. The number of fused-ring (bicyclic) bond motifs is 1. The van der Waals surface area contributed by atoms with Gasteiger partial charge in [-0.3, -0.25) is 9.59 Å². The molecule has 0 aliphatic carbocycles. The molecule has 0 saturated heterocycles. The standard InChI is InChI=1S/C29H38Cl2N4O6S/c1-3-34(4-2)13-14-35(25(37)11-16-40-15-10-19-5-7-22(30)23(31)17-19)12-9-20(18-41-28(32)38)21-6-8-24(36)26-27(21)42-29(39)33-26/h5-8,17,20,36H,3-4,9-16,18H2,1-2H3,(H2,32,38)(H,33,39). The number of thiazole rings is 1. The highest BCUT2D eigenvalue weighted by Crippen LogP contribution is 2.34. The number of ether oxygens (including phenoxy) is 2. The molecule has 0 aliphatic rings. The maximum atomic E-state index is 13.3. The first kappa shape index (κ1) is 33.7. The topological polar surface area (TPSA) is 138 Å². The zero-order chi connectivity index (χ0) is 30.6. The fourth-order valence-corrected chi connectivity index (χ4v) is 5.92. The van der Waals surface area contributed by atoms with Gasteiger partial charge < -0.3 is 35.1 Å². The Bertz CT molecular complexity index is 1390. The van der Waals surface area contributed by atoms with Gasteiger partial charge in [-0.25, -0.2) is 4.79 Å². The molecule has 230 valence electrons. The summed E-state index contributed by atoms with van der Waals surface area (Å²) in [4.78, 5) is 43.2. The Balaban J connectivity index is 1.67. The van der Waals surface area contributed by atoms with Gasteiger partial charge in [0.15, 0.2) is 0 Å². The predicted molar refractivity (Wildman–Crippen MR) is 167 cm³/mol. The highest BCUT2D eigenvalue weighted by molar-refractivity contribution is 7.16. The SMILES string of the molecule is CCN(CC)CCN(CCC(COC(N)=O)c1ccc(O)c2[nH]c(=O)sc12)C(=O)CCOCCc1ccc(Cl)c(Cl)c1. The van der Waals surface area contributed by atoms with Crippen molar-refractivity contribution in [2.75, 3.05) is 52.5 Å². The van der Waals surface area contributed by atoms with Crippen LogP contribution in [0.25, 0.3) is 10.2 Å². The smallest absolute Gasteiger partial charge is 0.404 e. The lowest BCUT2D eigenvalue weighted by molar-refractivity contribution is -0.132. The third-order valence-electron chi connectivity index (χ3n) is 7.11. The van der Waals surface area contributed by atoms with E-state index < -0.39 is 6.09 Å². The van der Waals surface area contributed by atoms with Gasteiger partial charge >= 0.3 is 11.0 Å². The minimum Gasteiger partial charge on any atom is -0.506 e. The van der Waals surface area contributed by atoms with Crippen LogP contribution in [0.3, 0.4) is 0 Å². The van der Waals surface area contributed by atoms with E-state index in [4.69, 9.17) is 38.4 Å². The average Bonchev–Trinajstić information content (AvgIpc) is 3.36. The van der Waals surface area contributed by atoms with Crippen LogP contribution in [0.5, 0.6) is 5.75 Å². The van der Waals surface area contributed by atoms with E-state index in [0.29, 0.717) is 59.3 Å². The number of phenolic OH excluding ortho intramolecular Hbond substituents is 1. The van der Waals surface area contributed by atoms with Crippen LogP contribution in [0.15, 0.2) is 35.1 Å². The average molecular weight is 642 g/mol. The monoisotopic (exact) mass is 640 g/mol. The summed E-state index contributed by atoms with van der Waals surface area (Å²) in [6.45, 7) is 8.18. The van der Waals surface area contributed by atoms with E-state index in [9.17, 15) is 19.5 Å². The van der Waals surface area contributed by atoms with Gasteiger partial charge in [0.05, 0.1) is 34.4 Å². The first-order chi connectivity index (χ1) is 20.1. The second kappa shape index (κ2) is 16.7. The van der Waals surface area contributed by atoms with Crippen molar-refractivity contribution in [3.05, 3.63) is 61.2 Å². The number of H-pyrrole nitrogens is 1. The molecule has 0 bridgehead atoms. The van der Waals surface area contributed by atoms with E-state index in [1.165, 1.54) is 6.07 Å². The van der Waals surface area contributed by atoms with Crippen molar-refractivity contribution in [3.63, 3.8) is 0 Å². The van der Waals surface area contributed by atoms with Crippen LogP contribution in [0.2, 0.25) is 10.0 Å². The van der Waals surface area contributed by atoms with Crippen LogP contribution < -0.4 is 10.6 Å². The first-order valence-corrected chi connectivity index (χ1v) is 15.5. The maximum Gasteiger partial charge on any atom is 0.404 e. The molecule has 10 nitrogen and oxygen atoms in total. The van der Waals surface area contributed by atoms with Crippen molar-refractivity contribution in [2.24, 2.45) is 5.73 Å². The zero-order valence-corrected chi connectivity index (χ0v) is 26.2. The Morgan fingerprint density at radius 1 is 1.07 bits per heavy atom. The number of benzene rings is 2. The molecule has 0 saturated carbocycles. The molecule has 4 N–H and O–H groups in total. The number of halogens is 2. The molecule has 3 aromatic rings. The molecule has 3 rings (SSSR count). The number of carbonyl (C=O) groups excluding carboxylic acids is 2. The second-order valence-electron chi connectivity index (χ2n) is 9.78. The van der Waals surface area contributed by atoms with Gasteiger partial charge in [0, 0.05) is 25.6 Å². The second-order valence-corrected chi connectivity index (χ2v) is 11.6. The van der Waals surface area contributed by atoms with Crippen molar-refractivity contribution < 1.29 is 24.2 Å². The van der Waals surface area contributed by atoms with Gasteiger partial charge in [-0.2, -0.15) is 0 Å². The molecule has 2 amide bonds. The van der Waals surface area contributed by atoms with Crippen molar-refractivity contribution >= 4 is 56.8 Å². The van der Waals surface area contributed by atoms with Crippen LogP contribution in [0.1, 0.15) is 43.7 Å². The highest BCUT2D eigenvalue weighted by Gasteiger charge is 2.23. The summed E-state index contributed by atoms with van der Waals surface area (Å²) in [6.07, 6.45) is 0.390. The number of aromatic hydroxyl groups is 1. The van der Waals surface area contributed by atoms with E-state index in [-0.39, 0.29) is 42.1 Å². The highest BCUT2D eigenvalue weighted by atomic mass is 35.5. The summed E-state index contributed by atoms with van der Waals surface area (Å²) in [6, 6.07) is 8.65. The van der Waals surface area contributed by atoms with Crippen LogP contribution >= 0.6 is 34.5 Å². The lowest BCUT2D eigenvalue weighted by atomic mass is 9.95. The van der Waals surface area contributed by atoms with Crippen molar-refractivity contribution in [1.29, 1.82) is 0 Å². The van der Waals surface area contributed by atoms with Crippen LogP contribution in [-0.4, -0.2) is 84.4 Å². The number of carbonyl (C=O) groups is 2. The number of hydrogen-bond donors (Lipinski definition) is 3. The lowest BCUT2D eigenvalue weighted by Gasteiger charge is -2.28. The van der Waals surface area contributed by atoms with Crippen molar-refractivity contribution in [1.82, 2.24) is 14.8 Å². The number of aromatic nitrogens is 1. The third kappa shape index (κ3) is 9.88. The van der Waals surface area contributed by atoms with E-state index in [0.717, 1.165) is 35.6 Å². The molecule has 0 radical (unpaired) electrons. The molecule has 1 heterocycles. The molecule has 1 unspecified atom stereocenters. The summed E-state index contributed by atoms with van der Waals surface area (Å²) >= 11 is 13.0. The molecule has 13 heteroatoms. The molecule has 0 aliphatic heterocycles. The normalized spacial score (nSPS) is 12.1. The number of nitrogens with zero attached hydrogens (tertiary/aromatic N) is 2. The zero-order valence-electron chi connectivity index (χ0n) is 23.9. The van der Waals surface area contributed by atoms with Gasteiger partial charge in [-0.05, 0) is 55.3 Å². The van der Waals surface area contributed by atoms with E-state index >= 15 is 0 Å². The van der Waals surface area contributed by atoms with Crippen LogP contribution in [0.4, 0.5) is 4.79 Å². The van der Waals surface area contributed by atoms with E-state index in [1.807, 2.05) is 6.07 Å². The number of rotatable bonds is 17. The fourth-order valence-electron chi connectivity index (χ4n) is 4.65. The van der Waals surface area contributed by atoms with Crippen molar-refractivity contribution in [3.8, 4) is 5.75 Å². The van der Waals surface area contributed by atoms with E-state index in [1.54, 1.807) is 23.1 Å². The summed E-state index contributed by atoms with van der Waals surface area (Å²) in [5, 5.41) is 11.2. The van der Waals surface area contributed by atoms with Gasteiger partial charge in [0.25, 0.3) is 0 Å². The summed E-state index contributed by atoms with van der Waals surface area (Å²) < 4.78 is 11.5. The fraction of sp³-hybridized carbons (Fsp3) is 0.483. The summed E-state index contributed by atoms with van der Waals surface area (Å²) in [5.41, 5.74) is 7.31. The van der Waals surface area contributed by atoms with Gasteiger partial charge in [-0.15, -0.1) is 0 Å². The Kier molecular flexibility index (Phi) is 13.4. The Morgan fingerprint density at radius 2 is 1.83 bits per heavy atom. The quantitative estimate of drug-likeness (QED) is 0.177. The Morgan fingerprint density at radius 3 is 2.52 bits per heavy atom. The number of hydrogen-bond acceptors (Lipinski definition) is 8. The van der Waals surface area contributed by atoms with Gasteiger partial charge in [0.2, 0.25) is 5.91 Å². The third-order valence-corrected chi connectivity index (χ3v) is 8.79. The predicted octanol–water partition coefficient (Wildman–Crippen LogP) is 4.99. The van der Waals surface area contributed by atoms with Crippen LogP contribution in [0, 0.1) is 0 Å². The molecule has 1 aromatic heterocycles. The molecule has 0 spiro atoms. The molecular weight excluding hydrogens is 603 g/mol. The molecule has 0 fully saturated rings. The number of aromatic amines is 1. The molecule has 2 aromatic carbocycles. The molecule has 1 atom stereocenters. The van der Waals surface area contributed by atoms with E-state index in [2.05, 4.69) is 23.7 Å². The molecular formula is C29H38Cl2N4O6S. The maximum absolute atomic E-state index is 13.3. The number of primary amides is 1. The molecule has 42 heavy (non-hydrogen) atoms. The number of nitrogens with one attached hydrogen (secondary N) is 1. The van der Waals surface area contributed by atoms with Gasteiger partial charge in [0.1, 0.15) is 17.9 Å². The van der Waals surface area contributed by atoms with Crippen LogP contribution in [-0.2, 0) is 20.7 Å². The minimum absolute atomic E-state index is 0.0306. The lowest BCUT2D eigenvalue weighted by Crippen LogP contribution is -2.40. The number of likely N-dealkylation sites (N-methyl/N-ethyl adjacent to an activating group) is 1. The van der Waals surface area contributed by atoms with Crippen molar-refractivity contribution in [2.45, 2.75) is 39.0 Å². The Hall–Kier alpha value is -2.83. The van der Waals surface area contributed by atoms with Gasteiger partial charge in [-0.1, -0.05) is 60.5 Å². The minimum atomic E-state index is -0.912. The number of phenols is 1. The summed E-state index contributed by atoms with van der Waals surface area (Å²) in [5.74, 6) is -0.455. The largest absolute Gasteiger partial charge is 0.506 e.